The number of carbonyl (C=O) groups is 2. The van der Waals surface area contributed by atoms with Crippen LogP contribution in [0.2, 0.25) is 0 Å². The third kappa shape index (κ3) is 6.93. The molecule has 0 saturated carbocycles. The second-order valence-corrected chi connectivity index (χ2v) is 6.08. The SMILES string of the molecule is O=C(CCCC(=O)Oc1ccc(F)c(C(F)(F)F)c1)Oc1ccc(F)c(C(F)(F)F)c1. The fourth-order valence-electron chi connectivity index (χ4n) is 2.31. The largest absolute Gasteiger partial charge is 0.427 e. The molecule has 2 rings (SSSR count). The van der Waals surface area contributed by atoms with Gasteiger partial charge in [-0.2, -0.15) is 26.3 Å². The Morgan fingerprint density at radius 1 is 0.677 bits per heavy atom. The first-order chi connectivity index (χ1) is 14.3. The van der Waals surface area contributed by atoms with Crippen LogP contribution in [0.25, 0.3) is 0 Å². The van der Waals surface area contributed by atoms with E-state index < -0.39 is 71.4 Å². The van der Waals surface area contributed by atoms with E-state index in [0.717, 1.165) is 12.1 Å². The predicted octanol–water partition coefficient (Wildman–Crippen LogP) is 5.68. The molecule has 0 amide bonds. The highest BCUT2D eigenvalue weighted by molar-refractivity contribution is 5.75. The number of ether oxygens (including phenoxy) is 2. The minimum absolute atomic E-state index is 0.210. The van der Waals surface area contributed by atoms with Gasteiger partial charge in [0, 0.05) is 12.8 Å². The Labute approximate surface area is 169 Å². The molecule has 0 atom stereocenters. The average molecular weight is 456 g/mol. The number of esters is 2. The first-order valence-corrected chi connectivity index (χ1v) is 8.42. The Hall–Kier alpha value is -3.18. The Bertz CT molecular complexity index is 889. The van der Waals surface area contributed by atoms with Gasteiger partial charge in [-0.1, -0.05) is 0 Å². The highest BCUT2D eigenvalue weighted by Gasteiger charge is 2.35. The molecule has 0 aliphatic heterocycles. The summed E-state index contributed by atoms with van der Waals surface area (Å²) in [5.74, 6) is -6.30. The molecule has 0 N–H and O–H groups in total. The van der Waals surface area contributed by atoms with Crippen LogP contribution in [-0.2, 0) is 21.9 Å². The van der Waals surface area contributed by atoms with E-state index in [1.807, 2.05) is 0 Å². The van der Waals surface area contributed by atoms with Crippen molar-refractivity contribution in [3.05, 3.63) is 59.2 Å². The van der Waals surface area contributed by atoms with Crippen molar-refractivity contribution in [2.24, 2.45) is 0 Å². The van der Waals surface area contributed by atoms with Gasteiger partial charge >= 0.3 is 24.3 Å². The molecule has 0 spiro atoms. The fourth-order valence-corrected chi connectivity index (χ4v) is 2.31. The molecule has 0 aliphatic rings. The maximum absolute atomic E-state index is 13.2. The van der Waals surface area contributed by atoms with Crippen molar-refractivity contribution >= 4 is 11.9 Å². The molecule has 12 heteroatoms. The summed E-state index contributed by atoms with van der Waals surface area (Å²) in [5, 5.41) is 0. The lowest BCUT2D eigenvalue weighted by molar-refractivity contribution is -0.141. The lowest BCUT2D eigenvalue weighted by Gasteiger charge is -2.11. The maximum atomic E-state index is 13.2. The molecule has 0 radical (unpaired) electrons. The van der Waals surface area contributed by atoms with E-state index in [-0.39, 0.29) is 6.42 Å². The molecule has 0 heterocycles. The lowest BCUT2D eigenvalue weighted by Crippen LogP contribution is -2.13. The second kappa shape index (κ2) is 9.31. The third-order valence-corrected chi connectivity index (χ3v) is 3.71. The molecule has 2 aromatic rings. The first-order valence-electron chi connectivity index (χ1n) is 8.42. The van der Waals surface area contributed by atoms with E-state index in [4.69, 9.17) is 0 Å². The Balaban J connectivity index is 1.87. The van der Waals surface area contributed by atoms with Crippen LogP contribution in [0.3, 0.4) is 0 Å². The van der Waals surface area contributed by atoms with Gasteiger partial charge in [-0.3, -0.25) is 9.59 Å². The van der Waals surface area contributed by atoms with E-state index in [2.05, 4.69) is 9.47 Å². The van der Waals surface area contributed by atoms with Crippen molar-refractivity contribution < 1.29 is 54.2 Å². The van der Waals surface area contributed by atoms with Gasteiger partial charge < -0.3 is 9.47 Å². The van der Waals surface area contributed by atoms with Gasteiger partial charge in [-0.25, -0.2) is 8.78 Å². The van der Waals surface area contributed by atoms with E-state index >= 15 is 0 Å². The number of alkyl halides is 6. The molecular weight excluding hydrogens is 444 g/mol. The van der Waals surface area contributed by atoms with Crippen molar-refractivity contribution in [2.45, 2.75) is 31.6 Å². The van der Waals surface area contributed by atoms with E-state index in [1.54, 1.807) is 0 Å². The normalized spacial score (nSPS) is 11.9. The molecule has 0 aliphatic carbocycles. The second-order valence-electron chi connectivity index (χ2n) is 6.08. The molecule has 168 valence electrons. The van der Waals surface area contributed by atoms with Crippen LogP contribution in [0.5, 0.6) is 11.5 Å². The van der Waals surface area contributed by atoms with Gasteiger partial charge in [-0.15, -0.1) is 0 Å². The molecule has 0 unspecified atom stereocenters. The Kier molecular flexibility index (Phi) is 7.24. The highest BCUT2D eigenvalue weighted by atomic mass is 19.4. The summed E-state index contributed by atoms with van der Waals surface area (Å²) in [6, 6.07) is 3.16. The van der Waals surface area contributed by atoms with Crippen molar-refractivity contribution in [3.8, 4) is 11.5 Å². The zero-order valence-electron chi connectivity index (χ0n) is 15.2. The average Bonchev–Trinajstić information content (AvgIpc) is 2.63. The Morgan fingerprint density at radius 2 is 1.03 bits per heavy atom. The molecule has 2 aromatic carbocycles. The van der Waals surface area contributed by atoms with E-state index in [0.29, 0.717) is 24.3 Å². The Morgan fingerprint density at radius 3 is 1.35 bits per heavy atom. The molecule has 0 bridgehead atoms. The lowest BCUT2D eigenvalue weighted by atomic mass is 10.2. The van der Waals surface area contributed by atoms with E-state index in [9.17, 15) is 44.7 Å². The fraction of sp³-hybridized carbons (Fsp3) is 0.263. The van der Waals surface area contributed by atoms with Crippen LogP contribution in [-0.4, -0.2) is 11.9 Å². The summed E-state index contributed by atoms with van der Waals surface area (Å²) < 4.78 is 111. The summed E-state index contributed by atoms with van der Waals surface area (Å²) in [6.07, 6.45) is -11.1. The van der Waals surface area contributed by atoms with Crippen LogP contribution in [0.4, 0.5) is 35.1 Å². The van der Waals surface area contributed by atoms with Crippen molar-refractivity contribution in [3.63, 3.8) is 0 Å². The predicted molar refractivity (Wildman–Crippen MR) is 87.9 cm³/mol. The van der Waals surface area contributed by atoms with Gasteiger partial charge in [0.2, 0.25) is 0 Å². The first kappa shape index (κ1) is 24.1. The van der Waals surface area contributed by atoms with Crippen LogP contribution in [0.15, 0.2) is 36.4 Å². The molecule has 31 heavy (non-hydrogen) atoms. The maximum Gasteiger partial charge on any atom is 0.419 e. The van der Waals surface area contributed by atoms with Crippen LogP contribution in [0.1, 0.15) is 30.4 Å². The van der Waals surface area contributed by atoms with Gasteiger partial charge in [0.15, 0.2) is 0 Å². The number of benzene rings is 2. The van der Waals surface area contributed by atoms with Crippen molar-refractivity contribution in [1.29, 1.82) is 0 Å². The number of halogens is 8. The quantitative estimate of drug-likeness (QED) is 0.319. The summed E-state index contributed by atoms with van der Waals surface area (Å²) >= 11 is 0. The van der Waals surface area contributed by atoms with Crippen molar-refractivity contribution in [1.82, 2.24) is 0 Å². The van der Waals surface area contributed by atoms with Crippen LogP contribution >= 0.6 is 0 Å². The minimum atomic E-state index is -5.00. The number of rotatable bonds is 6. The molecule has 4 nitrogen and oxygen atoms in total. The molecule has 0 aromatic heterocycles. The summed E-state index contributed by atoms with van der Waals surface area (Å²) in [5.41, 5.74) is -3.25. The minimum Gasteiger partial charge on any atom is -0.427 e. The number of hydrogen-bond acceptors (Lipinski definition) is 4. The van der Waals surface area contributed by atoms with Gasteiger partial charge in [-0.05, 0) is 42.8 Å². The zero-order valence-corrected chi connectivity index (χ0v) is 15.2. The number of carbonyl (C=O) groups excluding carboxylic acids is 2. The smallest absolute Gasteiger partial charge is 0.419 e. The van der Waals surface area contributed by atoms with E-state index in [1.165, 1.54) is 0 Å². The standard InChI is InChI=1S/C19H12F8O4/c20-14-6-4-10(8-12(14)18(22,23)24)30-16(28)2-1-3-17(29)31-11-5-7-15(21)13(9-11)19(25,26)27/h4-9H,1-3H2. The summed E-state index contributed by atoms with van der Waals surface area (Å²) in [4.78, 5) is 23.3. The molecule has 0 fully saturated rings. The molecule has 0 saturated heterocycles. The van der Waals surface area contributed by atoms with Gasteiger partial charge in [0.1, 0.15) is 23.1 Å². The van der Waals surface area contributed by atoms with Gasteiger partial charge in [0.25, 0.3) is 0 Å². The summed E-state index contributed by atoms with van der Waals surface area (Å²) in [6.45, 7) is 0. The van der Waals surface area contributed by atoms with Gasteiger partial charge in [0.05, 0.1) is 11.1 Å². The van der Waals surface area contributed by atoms with Crippen LogP contribution < -0.4 is 9.47 Å². The van der Waals surface area contributed by atoms with Crippen LogP contribution in [0, 0.1) is 11.6 Å². The molecular formula is C19H12F8O4. The topological polar surface area (TPSA) is 52.6 Å². The third-order valence-electron chi connectivity index (χ3n) is 3.71. The zero-order chi connectivity index (χ0) is 23.4. The highest BCUT2D eigenvalue weighted by Crippen LogP contribution is 2.34. The van der Waals surface area contributed by atoms with Crippen molar-refractivity contribution in [2.75, 3.05) is 0 Å². The monoisotopic (exact) mass is 456 g/mol. The summed E-state index contributed by atoms with van der Waals surface area (Å²) in [7, 11) is 0. The number of hydrogen-bond donors (Lipinski definition) is 0.